The van der Waals surface area contributed by atoms with Gasteiger partial charge < -0.3 is 14.6 Å². The minimum Gasteiger partial charge on any atom is -0.457 e. The van der Waals surface area contributed by atoms with Gasteiger partial charge in [0.05, 0.1) is 11.8 Å². The maximum Gasteiger partial charge on any atom is 0.255 e. The minimum absolute atomic E-state index is 0.0921. The van der Waals surface area contributed by atoms with Gasteiger partial charge in [0.2, 0.25) is 0 Å². The van der Waals surface area contributed by atoms with E-state index in [-0.39, 0.29) is 5.91 Å². The summed E-state index contributed by atoms with van der Waals surface area (Å²) in [5, 5.41) is 2.85. The molecule has 1 N–H and O–H groups in total. The molecule has 0 unspecified atom stereocenters. The monoisotopic (exact) mass is 288 g/mol. The van der Waals surface area contributed by atoms with Crippen molar-refractivity contribution in [2.24, 2.45) is 0 Å². The number of halogens is 1. The molecule has 0 radical (unpaired) electrons. The van der Waals surface area contributed by atoms with E-state index in [0.717, 1.165) is 19.4 Å². The first-order valence-electron chi connectivity index (χ1n) is 5.27. The van der Waals surface area contributed by atoms with Crippen molar-refractivity contribution in [3.8, 4) is 0 Å². The summed E-state index contributed by atoms with van der Waals surface area (Å²) in [6.07, 6.45) is 3.56. The average Bonchev–Trinajstić information content (AvgIpc) is 2.63. The minimum atomic E-state index is -0.0921. The molecule has 0 aliphatic heterocycles. The fourth-order valence-corrected chi connectivity index (χ4v) is 1.73. The van der Waals surface area contributed by atoms with Crippen molar-refractivity contribution < 1.29 is 9.21 Å². The standard InChI is InChI=1S/C11H17BrN2O2/c1-14(2)7-4-3-6-13-11(15)9-5-8-16-10(9)12/h5,8H,3-4,6-7H2,1-2H3,(H,13,15). The number of rotatable bonds is 6. The molecule has 1 aromatic heterocycles. The number of nitrogens with one attached hydrogen (secondary N) is 1. The molecule has 0 fully saturated rings. The van der Waals surface area contributed by atoms with Crippen LogP contribution in [0.15, 0.2) is 21.4 Å². The van der Waals surface area contributed by atoms with Gasteiger partial charge in [0.1, 0.15) is 0 Å². The zero-order chi connectivity index (χ0) is 12.0. The molecule has 0 saturated heterocycles. The van der Waals surface area contributed by atoms with E-state index in [9.17, 15) is 4.79 Å². The van der Waals surface area contributed by atoms with Crippen LogP contribution in [0.5, 0.6) is 0 Å². The number of nitrogens with zero attached hydrogens (tertiary/aromatic N) is 1. The van der Waals surface area contributed by atoms with Gasteiger partial charge in [0.15, 0.2) is 4.67 Å². The van der Waals surface area contributed by atoms with E-state index in [4.69, 9.17) is 4.42 Å². The van der Waals surface area contributed by atoms with Gasteiger partial charge in [0, 0.05) is 6.54 Å². The predicted molar refractivity (Wildman–Crippen MR) is 66.5 cm³/mol. The number of hydrogen-bond acceptors (Lipinski definition) is 3. The van der Waals surface area contributed by atoms with Gasteiger partial charge in [-0.1, -0.05) is 0 Å². The Kier molecular flexibility index (Phi) is 5.55. The van der Waals surface area contributed by atoms with Crippen LogP contribution in [0.1, 0.15) is 23.2 Å². The summed E-state index contributed by atoms with van der Waals surface area (Å²) in [4.78, 5) is 13.7. The van der Waals surface area contributed by atoms with E-state index in [1.54, 1.807) is 6.07 Å². The summed E-state index contributed by atoms with van der Waals surface area (Å²) in [5.41, 5.74) is 0.549. The summed E-state index contributed by atoms with van der Waals surface area (Å²) < 4.78 is 5.48. The third kappa shape index (κ3) is 4.37. The highest BCUT2D eigenvalue weighted by Crippen LogP contribution is 2.16. The molecule has 4 nitrogen and oxygen atoms in total. The van der Waals surface area contributed by atoms with Gasteiger partial charge in [-0.25, -0.2) is 0 Å². The van der Waals surface area contributed by atoms with Crippen molar-refractivity contribution in [1.82, 2.24) is 10.2 Å². The SMILES string of the molecule is CN(C)CCCCNC(=O)c1ccoc1Br. The fourth-order valence-electron chi connectivity index (χ4n) is 1.31. The van der Waals surface area contributed by atoms with E-state index in [1.807, 2.05) is 14.1 Å². The number of amides is 1. The summed E-state index contributed by atoms with van der Waals surface area (Å²) in [6, 6.07) is 1.65. The molecule has 1 rings (SSSR count). The molecule has 16 heavy (non-hydrogen) atoms. The third-order valence-corrected chi connectivity index (χ3v) is 2.79. The Morgan fingerprint density at radius 3 is 2.81 bits per heavy atom. The molecule has 0 aliphatic rings. The number of carbonyl (C=O) groups excluding carboxylic acids is 1. The van der Waals surface area contributed by atoms with Gasteiger partial charge in [-0.05, 0) is 55.5 Å². The fraction of sp³-hybridized carbons (Fsp3) is 0.545. The van der Waals surface area contributed by atoms with Crippen LogP contribution in [-0.2, 0) is 0 Å². The van der Waals surface area contributed by atoms with Crippen LogP contribution < -0.4 is 5.32 Å². The van der Waals surface area contributed by atoms with Crippen molar-refractivity contribution in [2.75, 3.05) is 27.2 Å². The second kappa shape index (κ2) is 6.70. The van der Waals surface area contributed by atoms with E-state index in [0.29, 0.717) is 16.8 Å². The molecular formula is C11H17BrN2O2. The number of unbranched alkanes of at least 4 members (excludes halogenated alkanes) is 1. The van der Waals surface area contributed by atoms with Crippen molar-refractivity contribution in [1.29, 1.82) is 0 Å². The van der Waals surface area contributed by atoms with Crippen LogP contribution in [0.4, 0.5) is 0 Å². The van der Waals surface area contributed by atoms with Gasteiger partial charge in [-0.15, -0.1) is 0 Å². The molecular weight excluding hydrogens is 272 g/mol. The maximum atomic E-state index is 11.6. The Hall–Kier alpha value is -0.810. The lowest BCUT2D eigenvalue weighted by molar-refractivity contribution is 0.0951. The predicted octanol–water partition coefficient (Wildman–Crippen LogP) is 2.11. The molecule has 0 aliphatic carbocycles. The molecule has 0 bridgehead atoms. The number of hydrogen-bond donors (Lipinski definition) is 1. The van der Waals surface area contributed by atoms with Gasteiger partial charge in [-0.3, -0.25) is 4.79 Å². The Labute approximate surface area is 104 Å². The van der Waals surface area contributed by atoms with Crippen molar-refractivity contribution >= 4 is 21.8 Å². The topological polar surface area (TPSA) is 45.5 Å². The highest BCUT2D eigenvalue weighted by Gasteiger charge is 2.11. The van der Waals surface area contributed by atoms with E-state index in [1.165, 1.54) is 6.26 Å². The first-order chi connectivity index (χ1) is 7.61. The Balaban J connectivity index is 2.19. The van der Waals surface area contributed by atoms with Crippen LogP contribution in [0.25, 0.3) is 0 Å². The Morgan fingerprint density at radius 1 is 1.50 bits per heavy atom. The quantitative estimate of drug-likeness (QED) is 0.816. The Morgan fingerprint density at radius 2 is 2.25 bits per heavy atom. The first kappa shape index (κ1) is 13.3. The molecule has 5 heteroatoms. The van der Waals surface area contributed by atoms with Crippen molar-refractivity contribution in [3.05, 3.63) is 22.6 Å². The van der Waals surface area contributed by atoms with Crippen LogP contribution >= 0.6 is 15.9 Å². The molecule has 1 heterocycles. The largest absolute Gasteiger partial charge is 0.457 e. The van der Waals surface area contributed by atoms with Gasteiger partial charge >= 0.3 is 0 Å². The molecule has 0 saturated carbocycles. The second-order valence-corrected chi connectivity index (χ2v) is 4.59. The summed E-state index contributed by atoms with van der Waals surface area (Å²) in [7, 11) is 4.09. The molecule has 90 valence electrons. The first-order valence-corrected chi connectivity index (χ1v) is 6.06. The molecule has 1 amide bonds. The lowest BCUT2D eigenvalue weighted by Crippen LogP contribution is -2.25. The Bertz CT molecular complexity index is 336. The van der Waals surface area contributed by atoms with Gasteiger partial charge in [-0.2, -0.15) is 0 Å². The smallest absolute Gasteiger partial charge is 0.255 e. The van der Waals surface area contributed by atoms with Crippen LogP contribution in [-0.4, -0.2) is 38.0 Å². The molecule has 0 atom stereocenters. The van der Waals surface area contributed by atoms with Crippen molar-refractivity contribution in [3.63, 3.8) is 0 Å². The second-order valence-electron chi connectivity index (χ2n) is 3.87. The van der Waals surface area contributed by atoms with Crippen LogP contribution in [0.3, 0.4) is 0 Å². The zero-order valence-electron chi connectivity index (χ0n) is 9.62. The van der Waals surface area contributed by atoms with Crippen LogP contribution in [0, 0.1) is 0 Å². The van der Waals surface area contributed by atoms with E-state index in [2.05, 4.69) is 26.1 Å². The molecule has 0 aromatic carbocycles. The molecule has 0 spiro atoms. The third-order valence-electron chi connectivity index (χ3n) is 2.18. The maximum absolute atomic E-state index is 11.6. The lowest BCUT2D eigenvalue weighted by Gasteiger charge is -2.09. The summed E-state index contributed by atoms with van der Waals surface area (Å²) in [5.74, 6) is -0.0921. The summed E-state index contributed by atoms with van der Waals surface area (Å²) in [6.45, 7) is 1.75. The highest BCUT2D eigenvalue weighted by molar-refractivity contribution is 9.10. The lowest BCUT2D eigenvalue weighted by atomic mass is 10.2. The number of carbonyl (C=O) groups is 1. The zero-order valence-corrected chi connectivity index (χ0v) is 11.2. The van der Waals surface area contributed by atoms with E-state index >= 15 is 0 Å². The highest BCUT2D eigenvalue weighted by atomic mass is 79.9. The summed E-state index contributed by atoms with van der Waals surface area (Å²) >= 11 is 3.17. The normalized spacial score (nSPS) is 10.8. The average molecular weight is 289 g/mol. The van der Waals surface area contributed by atoms with Crippen LogP contribution in [0.2, 0.25) is 0 Å². The number of furan rings is 1. The molecule has 1 aromatic rings. The van der Waals surface area contributed by atoms with Gasteiger partial charge in [0.25, 0.3) is 5.91 Å². The van der Waals surface area contributed by atoms with E-state index < -0.39 is 0 Å². The van der Waals surface area contributed by atoms with Crippen molar-refractivity contribution in [2.45, 2.75) is 12.8 Å².